The summed E-state index contributed by atoms with van der Waals surface area (Å²) in [5.74, 6) is -2.96. The van der Waals surface area contributed by atoms with Crippen molar-refractivity contribution in [2.75, 3.05) is 55.6 Å². The van der Waals surface area contributed by atoms with Gasteiger partial charge in [0.25, 0.3) is 11.8 Å². The number of nitrogens with zero attached hydrogens (tertiary/aromatic N) is 7. The van der Waals surface area contributed by atoms with Crippen molar-refractivity contribution in [1.29, 1.82) is 0 Å². The highest BCUT2D eigenvalue weighted by Gasteiger charge is 2.45. The number of nitrogens with one attached hydrogen (secondary N) is 1. The van der Waals surface area contributed by atoms with Crippen LogP contribution in [0.5, 0.6) is 0 Å². The summed E-state index contributed by atoms with van der Waals surface area (Å²) in [4.78, 5) is 65.9. The Labute approximate surface area is 324 Å². The number of carbonyl (C=O) groups is 4. The zero-order valence-corrected chi connectivity index (χ0v) is 30.8. The number of benzene rings is 2. The van der Waals surface area contributed by atoms with E-state index in [-0.39, 0.29) is 35.5 Å². The number of hydrogen-bond acceptors (Lipinski definition) is 9. The van der Waals surface area contributed by atoms with Gasteiger partial charge in [0.1, 0.15) is 11.9 Å². The molecule has 16 heteroatoms. The first-order chi connectivity index (χ1) is 27.5. The van der Waals surface area contributed by atoms with Gasteiger partial charge in [-0.25, -0.2) is 13.8 Å². The smallest absolute Gasteiger partial charge is 0.319 e. The largest absolute Gasteiger partial charge is 0.367 e. The molecule has 294 valence electrons. The van der Waals surface area contributed by atoms with Gasteiger partial charge in [0.15, 0.2) is 11.6 Å². The number of imide groups is 2. The van der Waals surface area contributed by atoms with Crippen LogP contribution in [-0.4, -0.2) is 99.8 Å². The van der Waals surface area contributed by atoms with Crippen molar-refractivity contribution >= 4 is 56.9 Å². The average molecular weight is 783 g/mol. The predicted octanol–water partition coefficient (Wildman–Crippen LogP) is 5.75. The molecular formula is C41H38F4N8O4. The molecule has 4 aliphatic heterocycles. The molecule has 0 spiro atoms. The highest BCUT2D eigenvalue weighted by Crippen LogP contribution is 2.37. The Morgan fingerprint density at radius 3 is 2.23 bits per heavy atom. The Morgan fingerprint density at radius 2 is 1.51 bits per heavy atom. The lowest BCUT2D eigenvalue weighted by molar-refractivity contribution is -0.136. The van der Waals surface area contributed by atoms with E-state index in [0.29, 0.717) is 78.1 Å². The van der Waals surface area contributed by atoms with Crippen LogP contribution in [0.4, 0.5) is 29.1 Å². The second-order valence-corrected chi connectivity index (χ2v) is 15.1. The van der Waals surface area contributed by atoms with Gasteiger partial charge in [0.2, 0.25) is 11.8 Å². The molecule has 4 amide bonds. The van der Waals surface area contributed by atoms with Crippen LogP contribution in [-0.2, 0) is 9.59 Å². The minimum Gasteiger partial charge on any atom is -0.367 e. The molecule has 0 radical (unpaired) electrons. The van der Waals surface area contributed by atoms with E-state index in [1.807, 2.05) is 9.80 Å². The van der Waals surface area contributed by atoms with Crippen LogP contribution in [0.1, 0.15) is 59.4 Å². The molecule has 1 N–H and O–H groups in total. The predicted molar refractivity (Wildman–Crippen MR) is 203 cm³/mol. The van der Waals surface area contributed by atoms with Gasteiger partial charge in [-0.3, -0.25) is 43.8 Å². The number of pyridine rings is 2. The first-order valence-corrected chi connectivity index (χ1v) is 19.1. The van der Waals surface area contributed by atoms with E-state index in [9.17, 15) is 28.0 Å². The van der Waals surface area contributed by atoms with Crippen molar-refractivity contribution in [2.45, 2.75) is 44.7 Å². The minimum absolute atomic E-state index is 0.00196. The van der Waals surface area contributed by atoms with Crippen LogP contribution in [0.15, 0.2) is 61.1 Å². The van der Waals surface area contributed by atoms with Gasteiger partial charge in [-0.05, 0) is 74.0 Å². The van der Waals surface area contributed by atoms with Crippen molar-refractivity contribution in [3.63, 3.8) is 0 Å². The number of piperidine rings is 2. The fraction of sp³-hybridized carbons (Fsp3) is 0.366. The Balaban J connectivity index is 0.780. The molecule has 3 saturated heterocycles. The first kappa shape index (κ1) is 36.7. The van der Waals surface area contributed by atoms with Crippen molar-refractivity contribution in [3.05, 3.63) is 83.8 Å². The number of hydrogen-bond donors (Lipinski definition) is 1. The number of aromatic nitrogens is 3. The zero-order chi connectivity index (χ0) is 39.5. The molecule has 0 bridgehead atoms. The summed E-state index contributed by atoms with van der Waals surface area (Å²) in [6.45, 7) is 1.80. The van der Waals surface area contributed by atoms with Crippen LogP contribution in [0.3, 0.4) is 0 Å². The molecule has 4 aliphatic rings. The number of fused-ring (bicyclic) bond motifs is 4. The van der Waals surface area contributed by atoms with Crippen molar-refractivity contribution in [1.82, 2.24) is 29.7 Å². The fourth-order valence-electron chi connectivity index (χ4n) is 8.84. The van der Waals surface area contributed by atoms with Gasteiger partial charge < -0.3 is 9.80 Å². The first-order valence-electron chi connectivity index (χ1n) is 19.1. The third-order valence-electron chi connectivity index (χ3n) is 11.9. The molecule has 0 aliphatic carbocycles. The normalized spacial score (nSPS) is 19.7. The van der Waals surface area contributed by atoms with E-state index < -0.39 is 47.9 Å². The summed E-state index contributed by atoms with van der Waals surface area (Å²) >= 11 is 0. The standard InChI is InChI=1S/C41H38F4N8O4/c42-30-19-27-28(40(57)53(39(27)56)33-3-4-36(54)48-38(33)55)20-35(30)50-15-13-49(14-16-50)10-6-23-7-11-51(12-8-23)37-31(43)17-25(21-47-37)24-1-2-26-29-22-46-9-5-32(29)52(41(44)45)34(26)18-24/h1-2,5,9,17-23,33,41H,3-4,6-8,10-16H2,(H,48,54,55). The molecule has 0 saturated carbocycles. The summed E-state index contributed by atoms with van der Waals surface area (Å²) < 4.78 is 60.1. The highest BCUT2D eigenvalue weighted by molar-refractivity contribution is 6.23. The maximum absolute atomic E-state index is 15.6. The van der Waals surface area contributed by atoms with Crippen molar-refractivity contribution < 1.29 is 36.7 Å². The number of halogens is 4. The lowest BCUT2D eigenvalue weighted by atomic mass is 9.93. The van der Waals surface area contributed by atoms with Crippen LogP contribution in [0.2, 0.25) is 0 Å². The molecule has 7 heterocycles. The second kappa shape index (κ2) is 14.6. The maximum atomic E-state index is 15.6. The highest BCUT2D eigenvalue weighted by atomic mass is 19.3. The minimum atomic E-state index is -2.76. The number of alkyl halides is 2. The Bertz CT molecular complexity index is 2460. The lowest BCUT2D eigenvalue weighted by Crippen LogP contribution is -2.54. The second-order valence-electron chi connectivity index (χ2n) is 15.1. The number of carbonyl (C=O) groups excluding carboxylic acids is 4. The SMILES string of the molecule is O=C1CCC(N2C(=O)c3cc(F)c(N4CCN(CCC5CCN(c6ncc(-c7ccc8c9cnccc9n(C(F)F)c8c7)cc6F)CC5)CC4)cc3C2=O)C(=O)N1. The molecule has 5 aromatic rings. The number of piperazine rings is 1. The summed E-state index contributed by atoms with van der Waals surface area (Å²) in [7, 11) is 0. The summed E-state index contributed by atoms with van der Waals surface area (Å²) in [6.07, 6.45) is 7.36. The molecular weight excluding hydrogens is 744 g/mol. The molecule has 57 heavy (non-hydrogen) atoms. The maximum Gasteiger partial charge on any atom is 0.319 e. The Kier molecular flexibility index (Phi) is 9.38. The van der Waals surface area contributed by atoms with Gasteiger partial charge in [-0.1, -0.05) is 12.1 Å². The summed E-state index contributed by atoms with van der Waals surface area (Å²) in [5, 5.41) is 3.43. The average Bonchev–Trinajstić information content (AvgIpc) is 3.67. The Morgan fingerprint density at radius 1 is 0.754 bits per heavy atom. The van der Waals surface area contributed by atoms with Crippen LogP contribution < -0.4 is 15.1 Å². The van der Waals surface area contributed by atoms with Crippen molar-refractivity contribution in [3.8, 4) is 11.1 Å². The van der Waals surface area contributed by atoms with Crippen LogP contribution in [0, 0.1) is 17.6 Å². The molecule has 1 atom stereocenters. The van der Waals surface area contributed by atoms with Gasteiger partial charge >= 0.3 is 6.55 Å². The van der Waals surface area contributed by atoms with E-state index in [1.54, 1.807) is 36.7 Å². The van der Waals surface area contributed by atoms with E-state index in [2.05, 4.69) is 20.2 Å². The molecule has 9 rings (SSSR count). The van der Waals surface area contributed by atoms with Crippen molar-refractivity contribution in [2.24, 2.45) is 5.92 Å². The molecule has 3 fully saturated rings. The Hall–Kier alpha value is -5.90. The summed E-state index contributed by atoms with van der Waals surface area (Å²) in [6, 6.07) is 9.50. The van der Waals surface area contributed by atoms with Gasteiger partial charge in [0.05, 0.1) is 27.8 Å². The monoisotopic (exact) mass is 782 g/mol. The zero-order valence-electron chi connectivity index (χ0n) is 30.8. The number of amides is 4. The van der Waals surface area contributed by atoms with E-state index in [1.165, 1.54) is 18.3 Å². The summed E-state index contributed by atoms with van der Waals surface area (Å²) in [5.41, 5.74) is 1.99. The molecule has 1 unspecified atom stereocenters. The van der Waals surface area contributed by atoms with Gasteiger partial charge in [-0.2, -0.15) is 8.78 Å². The molecule has 3 aromatic heterocycles. The molecule has 2 aromatic carbocycles. The lowest BCUT2D eigenvalue weighted by Gasteiger charge is -2.38. The number of anilines is 2. The van der Waals surface area contributed by atoms with E-state index >= 15 is 8.78 Å². The third kappa shape index (κ3) is 6.54. The van der Waals surface area contributed by atoms with E-state index in [4.69, 9.17) is 0 Å². The quantitative estimate of drug-likeness (QED) is 0.155. The topological polar surface area (TPSA) is 124 Å². The van der Waals surface area contributed by atoms with E-state index in [0.717, 1.165) is 41.3 Å². The molecule has 12 nitrogen and oxygen atoms in total. The van der Waals surface area contributed by atoms with Crippen LogP contribution >= 0.6 is 0 Å². The van der Waals surface area contributed by atoms with Crippen LogP contribution in [0.25, 0.3) is 32.9 Å². The number of rotatable bonds is 8. The fourth-order valence-corrected chi connectivity index (χ4v) is 8.84. The van der Waals surface area contributed by atoms with Gasteiger partial charge in [-0.15, -0.1) is 0 Å². The third-order valence-corrected chi connectivity index (χ3v) is 11.9. The van der Waals surface area contributed by atoms with Gasteiger partial charge in [0, 0.05) is 80.6 Å².